The molecule has 0 aromatic heterocycles. The number of amides is 2. The molecule has 0 radical (unpaired) electrons. The number of hydrogen-bond donors (Lipinski definition) is 1. The molecule has 27 heavy (non-hydrogen) atoms. The van der Waals surface area contributed by atoms with Gasteiger partial charge in [0.1, 0.15) is 6.04 Å². The van der Waals surface area contributed by atoms with Gasteiger partial charge in [0.25, 0.3) is 5.91 Å². The minimum atomic E-state index is -3.29. The highest BCUT2D eigenvalue weighted by molar-refractivity contribution is 6.01. The van der Waals surface area contributed by atoms with Crippen LogP contribution in [0.3, 0.4) is 0 Å². The van der Waals surface area contributed by atoms with E-state index in [1.807, 2.05) is 0 Å². The molecule has 3 rings (SSSR count). The lowest BCUT2D eigenvalue weighted by molar-refractivity contribution is -0.143. The van der Waals surface area contributed by atoms with Crippen molar-refractivity contribution < 1.29 is 23.2 Å². The molecule has 1 saturated heterocycles. The monoisotopic (exact) mass is 376 g/mol. The second-order valence-electron chi connectivity index (χ2n) is 7.05. The van der Waals surface area contributed by atoms with Gasteiger partial charge in [-0.15, -0.1) is 0 Å². The molecule has 0 aliphatic carbocycles. The normalized spacial score (nSPS) is 19.9. The quantitative estimate of drug-likeness (QED) is 0.830. The molecule has 1 aromatic carbocycles. The van der Waals surface area contributed by atoms with Crippen molar-refractivity contribution in [3.63, 3.8) is 0 Å². The topological polar surface area (TPSA) is 66.5 Å². The van der Waals surface area contributed by atoms with Crippen LogP contribution in [0.25, 0.3) is 0 Å². The van der Waals surface area contributed by atoms with Gasteiger partial charge in [-0.3, -0.25) is 14.4 Å². The van der Waals surface area contributed by atoms with E-state index in [4.69, 9.17) is 0 Å². The Bertz CT molecular complexity index is 819. The van der Waals surface area contributed by atoms with Gasteiger partial charge in [0.2, 0.25) is 11.7 Å². The molecular formula is C20H22F2N2O3. The van der Waals surface area contributed by atoms with E-state index in [1.54, 1.807) is 18.2 Å². The average molecular weight is 376 g/mol. The third kappa shape index (κ3) is 3.77. The molecule has 1 atom stereocenters. The Labute approximate surface area is 156 Å². The van der Waals surface area contributed by atoms with Gasteiger partial charge in [0, 0.05) is 30.6 Å². The van der Waals surface area contributed by atoms with Crippen LogP contribution in [-0.4, -0.2) is 34.5 Å². The minimum Gasteiger partial charge on any atom is -0.329 e. The molecule has 1 unspecified atom stereocenters. The van der Waals surface area contributed by atoms with Crippen LogP contribution in [0.5, 0.6) is 0 Å². The Morgan fingerprint density at radius 2 is 2.11 bits per heavy atom. The van der Waals surface area contributed by atoms with Crippen LogP contribution in [0.1, 0.15) is 54.1 Å². The first-order valence-electron chi connectivity index (χ1n) is 9.05. The molecule has 144 valence electrons. The predicted octanol–water partition coefficient (Wildman–Crippen LogP) is 2.98. The van der Waals surface area contributed by atoms with Gasteiger partial charge in [0.05, 0.1) is 0 Å². The highest BCUT2D eigenvalue weighted by Gasteiger charge is 2.38. The van der Waals surface area contributed by atoms with Gasteiger partial charge in [-0.05, 0) is 36.5 Å². The summed E-state index contributed by atoms with van der Waals surface area (Å²) in [5.74, 6) is -4.80. The van der Waals surface area contributed by atoms with E-state index < -0.39 is 24.2 Å². The number of nitrogens with zero attached hydrogens (tertiary/aromatic N) is 1. The molecule has 0 bridgehead atoms. The van der Waals surface area contributed by atoms with E-state index in [1.165, 1.54) is 11.8 Å². The second-order valence-corrected chi connectivity index (χ2v) is 7.05. The maximum atomic E-state index is 13.4. The molecule has 1 aromatic rings. The molecular weight excluding hydrogens is 354 g/mol. The third-order valence-electron chi connectivity index (χ3n) is 5.19. The van der Waals surface area contributed by atoms with E-state index >= 15 is 0 Å². The van der Waals surface area contributed by atoms with Gasteiger partial charge >= 0.3 is 5.92 Å². The van der Waals surface area contributed by atoms with Gasteiger partial charge in [0.15, 0.2) is 0 Å². The Hall–Kier alpha value is -2.57. The molecule has 0 saturated carbocycles. The number of allylic oxidation sites excluding steroid dienone is 1. The van der Waals surface area contributed by atoms with Crippen LogP contribution in [-0.2, 0) is 22.6 Å². The van der Waals surface area contributed by atoms with E-state index in [9.17, 15) is 23.2 Å². The zero-order chi connectivity index (χ0) is 19.8. The molecule has 1 fully saturated rings. The van der Waals surface area contributed by atoms with Crippen molar-refractivity contribution in [2.24, 2.45) is 0 Å². The van der Waals surface area contributed by atoms with Gasteiger partial charge in [-0.25, -0.2) is 0 Å². The first kappa shape index (κ1) is 19.2. The number of alkyl halides is 2. The van der Waals surface area contributed by atoms with Crippen molar-refractivity contribution in [3.05, 3.63) is 47.2 Å². The molecule has 5 nitrogen and oxygen atoms in total. The van der Waals surface area contributed by atoms with E-state index in [-0.39, 0.29) is 24.7 Å². The number of Topliss-reactive ketones (excluding diaryl/α,β-unsaturated/α-hetero) is 1. The average Bonchev–Trinajstić information content (AvgIpc) is 2.95. The fraction of sp³-hybridized carbons (Fsp3) is 0.450. The smallest absolute Gasteiger partial charge is 0.305 e. The number of fused-ring (bicyclic) bond motifs is 1. The summed E-state index contributed by atoms with van der Waals surface area (Å²) in [6.45, 7) is 5.32. The second kappa shape index (κ2) is 7.21. The molecule has 2 aliphatic heterocycles. The number of carbonyl (C=O) groups is 3. The summed E-state index contributed by atoms with van der Waals surface area (Å²) < 4.78 is 26.8. The highest BCUT2D eigenvalue weighted by Crippen LogP contribution is 2.29. The lowest BCUT2D eigenvalue weighted by Gasteiger charge is -2.30. The first-order valence-corrected chi connectivity index (χ1v) is 9.05. The lowest BCUT2D eigenvalue weighted by Crippen LogP contribution is -2.49. The highest BCUT2D eigenvalue weighted by atomic mass is 19.3. The number of hydrogen-bond acceptors (Lipinski definition) is 3. The SMILES string of the molecule is C=C1CCC(N2Cc3cc(CCC(=O)C(F)(F)CC)ccc3C2=O)C(=O)N1. The molecule has 2 aliphatic rings. The molecule has 7 heteroatoms. The fourth-order valence-corrected chi connectivity index (χ4v) is 3.50. The van der Waals surface area contributed by atoms with Crippen molar-refractivity contribution in [2.45, 2.75) is 57.5 Å². The molecule has 1 N–H and O–H groups in total. The maximum Gasteiger partial charge on any atom is 0.305 e. The van der Waals surface area contributed by atoms with Crippen LogP contribution in [0, 0.1) is 0 Å². The zero-order valence-corrected chi connectivity index (χ0v) is 15.2. The van der Waals surface area contributed by atoms with Gasteiger partial charge in [-0.2, -0.15) is 8.78 Å². The Kier molecular flexibility index (Phi) is 5.13. The first-order chi connectivity index (χ1) is 12.7. The number of piperidine rings is 1. The van der Waals surface area contributed by atoms with Crippen molar-refractivity contribution >= 4 is 17.6 Å². The lowest BCUT2D eigenvalue weighted by atomic mass is 10.00. The summed E-state index contributed by atoms with van der Waals surface area (Å²) in [6.07, 6.45) is 0.590. The Morgan fingerprint density at radius 1 is 1.37 bits per heavy atom. The summed E-state index contributed by atoms with van der Waals surface area (Å²) in [5, 5.41) is 2.68. The van der Waals surface area contributed by atoms with E-state index in [0.29, 0.717) is 30.6 Å². The molecule has 0 spiro atoms. The fourth-order valence-electron chi connectivity index (χ4n) is 3.50. The van der Waals surface area contributed by atoms with E-state index in [2.05, 4.69) is 11.9 Å². The van der Waals surface area contributed by atoms with Crippen molar-refractivity contribution in [1.29, 1.82) is 0 Å². The summed E-state index contributed by atoms with van der Waals surface area (Å²) in [7, 11) is 0. The number of carbonyl (C=O) groups excluding carboxylic acids is 3. The number of benzene rings is 1. The maximum absolute atomic E-state index is 13.4. The molecule has 2 heterocycles. The number of ketones is 1. The molecule has 2 amide bonds. The third-order valence-corrected chi connectivity index (χ3v) is 5.19. The number of rotatable bonds is 6. The van der Waals surface area contributed by atoms with Crippen molar-refractivity contribution in [1.82, 2.24) is 10.2 Å². The number of halogens is 2. The van der Waals surface area contributed by atoms with Crippen molar-refractivity contribution in [2.75, 3.05) is 0 Å². The van der Waals surface area contributed by atoms with Crippen LogP contribution in [0.4, 0.5) is 8.78 Å². The minimum absolute atomic E-state index is 0.194. The standard InChI is InChI=1S/C20H22F2N2O3/c1-3-20(21,22)17(25)9-6-13-5-7-15-14(10-13)11-24(19(15)27)16-8-4-12(2)23-18(16)26/h5,7,10,16H,2-4,6,8-9,11H2,1H3,(H,23,26). The summed E-state index contributed by atoms with van der Waals surface area (Å²) in [6, 6.07) is 4.56. The van der Waals surface area contributed by atoms with Crippen LogP contribution < -0.4 is 5.32 Å². The Balaban J connectivity index is 1.70. The van der Waals surface area contributed by atoms with Gasteiger partial charge < -0.3 is 10.2 Å². The summed E-state index contributed by atoms with van der Waals surface area (Å²) in [5.41, 5.74) is 2.65. The number of nitrogens with one attached hydrogen (secondary N) is 1. The predicted molar refractivity (Wildman–Crippen MR) is 95.2 cm³/mol. The zero-order valence-electron chi connectivity index (χ0n) is 15.2. The van der Waals surface area contributed by atoms with Crippen LogP contribution in [0.15, 0.2) is 30.5 Å². The largest absolute Gasteiger partial charge is 0.329 e. The Morgan fingerprint density at radius 3 is 2.78 bits per heavy atom. The summed E-state index contributed by atoms with van der Waals surface area (Å²) >= 11 is 0. The van der Waals surface area contributed by atoms with Crippen LogP contribution >= 0.6 is 0 Å². The number of aryl methyl sites for hydroxylation is 1. The van der Waals surface area contributed by atoms with Crippen LogP contribution in [0.2, 0.25) is 0 Å². The van der Waals surface area contributed by atoms with Gasteiger partial charge in [-0.1, -0.05) is 25.6 Å². The van der Waals surface area contributed by atoms with Crippen molar-refractivity contribution in [3.8, 4) is 0 Å². The van der Waals surface area contributed by atoms with E-state index in [0.717, 1.165) is 11.1 Å². The summed E-state index contributed by atoms with van der Waals surface area (Å²) in [4.78, 5) is 38.0.